The van der Waals surface area contributed by atoms with E-state index in [0.29, 0.717) is 5.56 Å². The summed E-state index contributed by atoms with van der Waals surface area (Å²) in [6.07, 6.45) is 2.99. The van der Waals surface area contributed by atoms with Crippen LogP contribution in [0.2, 0.25) is 10.0 Å². The molecule has 1 amide bonds. The summed E-state index contributed by atoms with van der Waals surface area (Å²) >= 11 is 12.6. The minimum Gasteiger partial charge on any atom is -0.507 e. The van der Waals surface area contributed by atoms with Crippen LogP contribution in [0.25, 0.3) is 5.76 Å². The molecule has 0 radical (unpaired) electrons. The van der Waals surface area contributed by atoms with E-state index in [4.69, 9.17) is 32.7 Å². The molecule has 174 valence electrons. The third-order valence-electron chi connectivity index (χ3n) is 5.34. The molecular formula is C24H17Cl2FN2O5. The first-order valence-electron chi connectivity index (χ1n) is 9.87. The summed E-state index contributed by atoms with van der Waals surface area (Å²) < 4.78 is 24.1. The first kappa shape index (κ1) is 23.5. The van der Waals surface area contributed by atoms with E-state index in [2.05, 4.69) is 4.98 Å². The molecule has 1 aliphatic rings. The number of aliphatic hydroxyl groups excluding tert-OH is 1. The second-order valence-electron chi connectivity index (χ2n) is 7.22. The zero-order valence-electron chi connectivity index (χ0n) is 17.9. The number of Topliss-reactive ketones (excluding diaryl/α,β-unsaturated/α-hetero) is 1. The van der Waals surface area contributed by atoms with Crippen LogP contribution in [-0.2, 0) is 9.59 Å². The number of halogens is 3. The molecule has 1 aliphatic heterocycles. The zero-order valence-corrected chi connectivity index (χ0v) is 19.4. The Kier molecular flexibility index (Phi) is 6.45. The largest absolute Gasteiger partial charge is 0.507 e. The molecule has 0 aliphatic carbocycles. The Morgan fingerprint density at radius 1 is 1.09 bits per heavy atom. The lowest BCUT2D eigenvalue weighted by molar-refractivity contribution is -0.132. The van der Waals surface area contributed by atoms with Gasteiger partial charge in [0.05, 0.1) is 36.4 Å². The first-order valence-corrected chi connectivity index (χ1v) is 10.6. The highest BCUT2D eigenvalue weighted by Crippen LogP contribution is 2.47. The molecule has 2 heterocycles. The topological polar surface area (TPSA) is 89.0 Å². The highest BCUT2D eigenvalue weighted by atomic mass is 35.5. The summed E-state index contributed by atoms with van der Waals surface area (Å²) in [5, 5.41) is 11.4. The molecule has 34 heavy (non-hydrogen) atoms. The van der Waals surface area contributed by atoms with Crippen molar-refractivity contribution in [2.45, 2.75) is 6.04 Å². The van der Waals surface area contributed by atoms with Crippen LogP contribution in [0.1, 0.15) is 17.2 Å². The minimum absolute atomic E-state index is 0.00154. The number of rotatable bonds is 5. The molecule has 3 aromatic rings. The number of carbonyl (C=O) groups is 2. The smallest absolute Gasteiger partial charge is 0.300 e. The number of ketones is 1. The fourth-order valence-corrected chi connectivity index (χ4v) is 4.53. The Bertz CT molecular complexity index is 1310. The summed E-state index contributed by atoms with van der Waals surface area (Å²) in [7, 11) is 2.68. The predicted molar refractivity (Wildman–Crippen MR) is 125 cm³/mol. The van der Waals surface area contributed by atoms with Crippen LogP contribution in [0.15, 0.2) is 60.4 Å². The van der Waals surface area contributed by atoms with Gasteiger partial charge in [-0.3, -0.25) is 19.5 Å². The lowest BCUT2D eigenvalue weighted by atomic mass is 9.95. The number of benzene rings is 2. The van der Waals surface area contributed by atoms with Gasteiger partial charge in [0, 0.05) is 18.1 Å². The maximum Gasteiger partial charge on any atom is 0.300 e. The van der Waals surface area contributed by atoms with Gasteiger partial charge in [0.2, 0.25) is 0 Å². The molecule has 0 saturated carbocycles. The van der Waals surface area contributed by atoms with E-state index in [1.165, 1.54) is 61.8 Å². The summed E-state index contributed by atoms with van der Waals surface area (Å²) in [6.45, 7) is 0. The third-order valence-corrected chi connectivity index (χ3v) is 5.97. The molecule has 1 aromatic heterocycles. The number of ether oxygens (including phenoxy) is 2. The average molecular weight is 503 g/mol. The van der Waals surface area contributed by atoms with Gasteiger partial charge in [-0.2, -0.15) is 0 Å². The van der Waals surface area contributed by atoms with Crippen LogP contribution >= 0.6 is 23.2 Å². The van der Waals surface area contributed by atoms with Gasteiger partial charge in [-0.1, -0.05) is 29.3 Å². The van der Waals surface area contributed by atoms with Crippen molar-refractivity contribution in [2.24, 2.45) is 0 Å². The summed E-state index contributed by atoms with van der Waals surface area (Å²) in [5.74, 6) is -2.82. The number of nitrogens with zero attached hydrogens (tertiary/aromatic N) is 2. The number of amides is 1. The van der Waals surface area contributed by atoms with Gasteiger partial charge in [0.15, 0.2) is 11.5 Å². The SMILES string of the molecule is COc1c(Cl)cc(/C(O)=C2\C(=O)C(=O)N(c3ccc(F)cc3)C2c2cccnc2)c(OC)c1Cl. The molecular weight excluding hydrogens is 486 g/mol. The van der Waals surface area contributed by atoms with Crippen LogP contribution in [0, 0.1) is 5.82 Å². The van der Waals surface area contributed by atoms with Gasteiger partial charge in [0.1, 0.15) is 16.6 Å². The Morgan fingerprint density at radius 2 is 1.76 bits per heavy atom. The maximum absolute atomic E-state index is 13.5. The van der Waals surface area contributed by atoms with Crippen LogP contribution in [-0.4, -0.2) is 36.0 Å². The van der Waals surface area contributed by atoms with E-state index >= 15 is 0 Å². The van der Waals surface area contributed by atoms with E-state index in [9.17, 15) is 19.1 Å². The molecule has 2 aromatic carbocycles. The van der Waals surface area contributed by atoms with Crippen LogP contribution in [0.3, 0.4) is 0 Å². The van der Waals surface area contributed by atoms with Crippen LogP contribution in [0.4, 0.5) is 10.1 Å². The number of methoxy groups -OCH3 is 2. The van der Waals surface area contributed by atoms with Crippen molar-refractivity contribution in [3.05, 3.63) is 87.4 Å². The second kappa shape index (κ2) is 9.32. The van der Waals surface area contributed by atoms with Crippen molar-refractivity contribution in [1.82, 2.24) is 4.98 Å². The average Bonchev–Trinajstić information content (AvgIpc) is 3.10. The number of hydrogen-bond donors (Lipinski definition) is 1. The fourth-order valence-electron chi connectivity index (χ4n) is 3.85. The summed E-state index contributed by atoms with van der Waals surface area (Å²) in [5.41, 5.74) is 0.452. The molecule has 10 heteroatoms. The standard InChI is InChI=1S/C24H17Cl2FN2O5/c1-33-22-15(10-16(25)23(34-2)18(22)26)20(30)17-19(12-4-3-9-28-11-12)29(24(32)21(17)31)14-7-5-13(27)6-8-14/h3-11,19,30H,1-2H3/b20-17+. The van der Waals surface area contributed by atoms with Gasteiger partial charge in [0.25, 0.3) is 11.7 Å². The molecule has 0 bridgehead atoms. The molecule has 7 nitrogen and oxygen atoms in total. The van der Waals surface area contributed by atoms with Gasteiger partial charge in [-0.05, 0) is 42.0 Å². The van der Waals surface area contributed by atoms with Gasteiger partial charge >= 0.3 is 0 Å². The Morgan fingerprint density at radius 3 is 2.35 bits per heavy atom. The van der Waals surface area contributed by atoms with Crippen molar-refractivity contribution in [1.29, 1.82) is 0 Å². The maximum atomic E-state index is 13.5. The first-order chi connectivity index (χ1) is 16.3. The normalized spacial score (nSPS) is 17.2. The number of aliphatic hydroxyl groups is 1. The van der Waals surface area contributed by atoms with Crippen molar-refractivity contribution in [3.8, 4) is 11.5 Å². The van der Waals surface area contributed by atoms with Crippen molar-refractivity contribution < 1.29 is 28.6 Å². The minimum atomic E-state index is -1.07. The predicted octanol–water partition coefficient (Wildman–Crippen LogP) is 5.17. The van der Waals surface area contributed by atoms with Crippen molar-refractivity contribution >= 4 is 46.3 Å². The molecule has 1 unspecified atom stereocenters. The Hall–Kier alpha value is -3.62. The lowest BCUT2D eigenvalue weighted by Crippen LogP contribution is -2.29. The van der Waals surface area contributed by atoms with E-state index in [-0.39, 0.29) is 38.4 Å². The van der Waals surface area contributed by atoms with Crippen molar-refractivity contribution in [3.63, 3.8) is 0 Å². The van der Waals surface area contributed by atoms with Gasteiger partial charge in [-0.25, -0.2) is 4.39 Å². The number of carbonyl (C=O) groups excluding carboxylic acids is 2. The number of hydrogen-bond acceptors (Lipinski definition) is 6. The van der Waals surface area contributed by atoms with Gasteiger partial charge in [-0.15, -0.1) is 0 Å². The highest BCUT2D eigenvalue weighted by molar-refractivity contribution is 6.52. The van der Waals surface area contributed by atoms with Gasteiger partial charge < -0.3 is 14.6 Å². The van der Waals surface area contributed by atoms with E-state index in [1.807, 2.05) is 0 Å². The molecule has 1 atom stereocenters. The van der Waals surface area contributed by atoms with E-state index < -0.39 is 29.3 Å². The molecule has 1 fully saturated rings. The third kappa shape index (κ3) is 3.85. The second-order valence-corrected chi connectivity index (χ2v) is 8.00. The molecule has 1 saturated heterocycles. The van der Waals surface area contributed by atoms with E-state index in [0.717, 1.165) is 0 Å². The number of aromatic nitrogens is 1. The van der Waals surface area contributed by atoms with Crippen LogP contribution < -0.4 is 14.4 Å². The quantitative estimate of drug-likeness (QED) is 0.294. The Labute approximate surface area is 204 Å². The zero-order chi connectivity index (χ0) is 24.6. The number of pyridine rings is 1. The summed E-state index contributed by atoms with van der Waals surface area (Å²) in [6, 6.07) is 8.61. The highest BCUT2D eigenvalue weighted by Gasteiger charge is 2.47. The number of anilines is 1. The molecule has 1 N–H and O–H groups in total. The fraction of sp³-hybridized carbons (Fsp3) is 0.125. The lowest BCUT2D eigenvalue weighted by Gasteiger charge is -2.25. The Balaban J connectivity index is 2.00. The summed E-state index contributed by atoms with van der Waals surface area (Å²) in [4.78, 5) is 31.6. The molecule has 0 spiro atoms. The van der Waals surface area contributed by atoms with E-state index in [1.54, 1.807) is 12.1 Å². The van der Waals surface area contributed by atoms with Crippen LogP contribution in [0.5, 0.6) is 11.5 Å². The van der Waals surface area contributed by atoms with Crippen molar-refractivity contribution in [2.75, 3.05) is 19.1 Å². The monoisotopic (exact) mass is 502 g/mol. The molecule has 4 rings (SSSR count).